The molecule has 0 bridgehead atoms. The van der Waals surface area contributed by atoms with Crippen molar-refractivity contribution < 1.29 is 9.53 Å². The van der Waals surface area contributed by atoms with Gasteiger partial charge in [-0.15, -0.1) is 0 Å². The van der Waals surface area contributed by atoms with Crippen molar-refractivity contribution in [3.63, 3.8) is 0 Å². The third-order valence-electron chi connectivity index (χ3n) is 2.69. The number of aryl methyl sites for hydroxylation is 1. The first-order valence-corrected chi connectivity index (χ1v) is 8.39. The maximum atomic E-state index is 9.60. The molecule has 1 aromatic heterocycles. The Bertz CT molecular complexity index is 426. The summed E-state index contributed by atoms with van der Waals surface area (Å²) in [7, 11) is 7.98. The Morgan fingerprint density at radius 1 is 1.33 bits per heavy atom. The first kappa shape index (κ1) is 24.8. The molecule has 5 heteroatoms. The van der Waals surface area contributed by atoms with E-state index in [1.165, 1.54) is 11.3 Å². The van der Waals surface area contributed by atoms with Crippen LogP contribution in [-0.4, -0.2) is 56.7 Å². The molecular formula is C19H37N3O2. The van der Waals surface area contributed by atoms with Gasteiger partial charge in [0.05, 0.1) is 0 Å². The molecule has 1 N–H and O–H groups in total. The lowest BCUT2D eigenvalue weighted by molar-refractivity contribution is -0.138. The minimum absolute atomic E-state index is 0.318. The van der Waals surface area contributed by atoms with Gasteiger partial charge < -0.3 is 15.0 Å². The molecule has 0 aliphatic carbocycles. The van der Waals surface area contributed by atoms with Crippen molar-refractivity contribution in [2.45, 2.75) is 52.6 Å². The number of nitrogens with one attached hydrogen (secondary N) is 1. The fraction of sp³-hybridized carbons (Fsp3) is 0.684. The van der Waals surface area contributed by atoms with Crippen LogP contribution >= 0.6 is 0 Å². The number of ether oxygens (including phenoxy) is 1. The van der Waals surface area contributed by atoms with Crippen LogP contribution in [0.5, 0.6) is 0 Å². The minimum atomic E-state index is -0.318. The van der Waals surface area contributed by atoms with Crippen LogP contribution in [0.3, 0.4) is 0 Å². The molecule has 0 aliphatic heterocycles. The topological polar surface area (TPSA) is 54.5 Å². The second-order valence-electron chi connectivity index (χ2n) is 7.03. The van der Waals surface area contributed by atoms with Crippen molar-refractivity contribution >= 4 is 6.47 Å². The monoisotopic (exact) mass is 339 g/mol. The Morgan fingerprint density at radius 2 is 1.88 bits per heavy atom. The molecule has 0 radical (unpaired) electrons. The summed E-state index contributed by atoms with van der Waals surface area (Å²) in [5.74, 6) is 0.501. The summed E-state index contributed by atoms with van der Waals surface area (Å²) in [5, 5.41) is 3.18. The molecular weight excluding hydrogens is 302 g/mol. The molecule has 0 fully saturated rings. The van der Waals surface area contributed by atoms with E-state index < -0.39 is 0 Å². The van der Waals surface area contributed by atoms with E-state index in [2.05, 4.69) is 35.0 Å². The van der Waals surface area contributed by atoms with E-state index in [4.69, 9.17) is 0 Å². The number of aromatic nitrogens is 1. The van der Waals surface area contributed by atoms with Crippen LogP contribution in [0.1, 0.15) is 51.8 Å². The van der Waals surface area contributed by atoms with Crippen LogP contribution in [0.15, 0.2) is 18.3 Å². The van der Waals surface area contributed by atoms with Gasteiger partial charge in [0.2, 0.25) is 0 Å². The van der Waals surface area contributed by atoms with Crippen molar-refractivity contribution in [3.8, 4) is 0 Å². The number of rotatable bonds is 5. The van der Waals surface area contributed by atoms with Gasteiger partial charge in [-0.2, -0.15) is 0 Å². The summed E-state index contributed by atoms with van der Waals surface area (Å²) >= 11 is 0. The van der Waals surface area contributed by atoms with Crippen LogP contribution in [0.2, 0.25) is 0 Å². The van der Waals surface area contributed by atoms with Gasteiger partial charge in [0.25, 0.3) is 6.47 Å². The molecule has 140 valence electrons. The highest BCUT2D eigenvalue weighted by Gasteiger charge is 2.09. The Hall–Kier alpha value is -1.46. The molecule has 0 spiro atoms. The molecule has 1 heterocycles. The molecule has 24 heavy (non-hydrogen) atoms. The molecule has 1 unspecified atom stereocenters. The maximum Gasteiger partial charge on any atom is 0.293 e. The van der Waals surface area contributed by atoms with Crippen molar-refractivity contribution in [2.24, 2.45) is 0 Å². The summed E-state index contributed by atoms with van der Waals surface area (Å²) < 4.78 is 4.55. The zero-order valence-electron chi connectivity index (χ0n) is 17.0. The standard InChI is InChI=1S/C11H18N2.C5H10O2.C3H9N/c1-4-10-6-5-7-13-11(10)9(2)8-12-3;1-5(2,3)7-4-6;1-4(2)3/h5-7,9,12H,4,8H2,1-3H3;4H,1-3H3;1-3H3. The lowest BCUT2D eigenvalue weighted by Gasteiger charge is -2.14. The Labute approximate surface area is 148 Å². The largest absolute Gasteiger partial charge is 0.462 e. The Morgan fingerprint density at radius 3 is 2.21 bits per heavy atom. The van der Waals surface area contributed by atoms with Crippen LogP contribution in [0, 0.1) is 0 Å². The first-order chi connectivity index (χ1) is 11.1. The molecule has 0 amide bonds. The third kappa shape index (κ3) is 15.4. The molecule has 1 rings (SSSR count). The van der Waals surface area contributed by atoms with E-state index in [1.54, 1.807) is 0 Å². The number of carbonyl (C=O) groups excluding carboxylic acids is 1. The fourth-order valence-electron chi connectivity index (χ4n) is 1.74. The van der Waals surface area contributed by atoms with Gasteiger partial charge in [0.15, 0.2) is 0 Å². The van der Waals surface area contributed by atoms with E-state index in [0.717, 1.165) is 13.0 Å². The molecule has 1 aromatic rings. The predicted octanol–water partition coefficient (Wildman–Crippen LogP) is 3.10. The number of carbonyl (C=O) groups is 1. The highest BCUT2D eigenvalue weighted by Crippen LogP contribution is 2.16. The lowest BCUT2D eigenvalue weighted by Crippen LogP contribution is -2.17. The van der Waals surface area contributed by atoms with Crippen molar-refractivity contribution in [1.29, 1.82) is 0 Å². The van der Waals surface area contributed by atoms with E-state index >= 15 is 0 Å². The highest BCUT2D eigenvalue weighted by molar-refractivity contribution is 5.37. The molecule has 0 saturated carbocycles. The molecule has 0 aliphatic rings. The number of hydrogen-bond acceptors (Lipinski definition) is 5. The summed E-state index contributed by atoms with van der Waals surface area (Å²) in [4.78, 5) is 16.0. The predicted molar refractivity (Wildman–Crippen MR) is 102 cm³/mol. The van der Waals surface area contributed by atoms with E-state index in [0.29, 0.717) is 12.4 Å². The molecule has 0 aromatic carbocycles. The summed E-state index contributed by atoms with van der Waals surface area (Å²) in [5.41, 5.74) is 2.28. The zero-order valence-corrected chi connectivity index (χ0v) is 17.0. The van der Waals surface area contributed by atoms with Crippen LogP contribution in [0.4, 0.5) is 0 Å². The minimum Gasteiger partial charge on any atom is -0.462 e. The first-order valence-electron chi connectivity index (χ1n) is 8.39. The Balaban J connectivity index is 0. The molecule has 0 saturated heterocycles. The van der Waals surface area contributed by atoms with Gasteiger partial charge in [-0.25, -0.2) is 0 Å². The van der Waals surface area contributed by atoms with Crippen molar-refractivity contribution in [1.82, 2.24) is 15.2 Å². The van der Waals surface area contributed by atoms with Gasteiger partial charge in [-0.3, -0.25) is 9.78 Å². The van der Waals surface area contributed by atoms with Crippen LogP contribution < -0.4 is 5.32 Å². The van der Waals surface area contributed by atoms with Crippen LogP contribution in [-0.2, 0) is 16.0 Å². The summed E-state index contributed by atoms with van der Waals surface area (Å²) in [6.45, 7) is 11.3. The average molecular weight is 340 g/mol. The second-order valence-corrected chi connectivity index (χ2v) is 7.03. The SMILES string of the molecule is CC(C)(C)OC=O.CCc1cccnc1C(C)CNC.CN(C)C. The lowest BCUT2D eigenvalue weighted by atomic mass is 10.0. The average Bonchev–Trinajstić information content (AvgIpc) is 2.46. The number of pyridine rings is 1. The molecule has 5 nitrogen and oxygen atoms in total. The highest BCUT2D eigenvalue weighted by atomic mass is 16.5. The number of hydrogen-bond donors (Lipinski definition) is 1. The van der Waals surface area contributed by atoms with E-state index in [9.17, 15) is 4.79 Å². The zero-order chi connectivity index (χ0) is 19.2. The maximum absolute atomic E-state index is 9.60. The van der Waals surface area contributed by atoms with Crippen molar-refractivity contribution in [2.75, 3.05) is 34.7 Å². The summed E-state index contributed by atoms with van der Waals surface area (Å²) in [6.07, 6.45) is 2.94. The summed E-state index contributed by atoms with van der Waals surface area (Å²) in [6, 6.07) is 4.17. The number of likely N-dealkylation sites (N-methyl/N-ethyl adjacent to an activating group) is 1. The normalized spacial score (nSPS) is 11.6. The van der Waals surface area contributed by atoms with Gasteiger partial charge in [0, 0.05) is 24.4 Å². The van der Waals surface area contributed by atoms with Gasteiger partial charge in [-0.05, 0) is 67.0 Å². The van der Waals surface area contributed by atoms with Crippen molar-refractivity contribution in [3.05, 3.63) is 29.6 Å². The van der Waals surface area contributed by atoms with Gasteiger partial charge >= 0.3 is 0 Å². The quantitative estimate of drug-likeness (QED) is 0.836. The molecule has 1 atom stereocenters. The second kappa shape index (κ2) is 13.9. The van der Waals surface area contributed by atoms with E-state index in [-0.39, 0.29) is 5.60 Å². The van der Waals surface area contributed by atoms with Gasteiger partial charge in [0.1, 0.15) is 5.60 Å². The third-order valence-corrected chi connectivity index (χ3v) is 2.69. The fourth-order valence-corrected chi connectivity index (χ4v) is 1.74. The Kier molecular flexibility index (Phi) is 14.4. The van der Waals surface area contributed by atoms with E-state index in [1.807, 2.05) is 66.1 Å². The number of nitrogens with zero attached hydrogens (tertiary/aromatic N) is 2. The van der Waals surface area contributed by atoms with Gasteiger partial charge in [-0.1, -0.05) is 19.9 Å². The van der Waals surface area contributed by atoms with Crippen LogP contribution in [0.25, 0.3) is 0 Å². The smallest absolute Gasteiger partial charge is 0.293 e.